The van der Waals surface area contributed by atoms with Gasteiger partial charge in [0, 0.05) is 17.8 Å². The molecule has 4 N–H and O–H groups in total. The minimum atomic E-state index is -4.92. The molecule has 0 saturated heterocycles. The van der Waals surface area contributed by atoms with E-state index < -0.39 is 29.4 Å². The molecule has 4 nitrogen and oxygen atoms in total. The van der Waals surface area contributed by atoms with Crippen LogP contribution in [-0.4, -0.2) is 17.6 Å². The van der Waals surface area contributed by atoms with Crippen LogP contribution in [0, 0.1) is 0 Å². The van der Waals surface area contributed by atoms with Gasteiger partial charge in [0.25, 0.3) is 0 Å². The van der Waals surface area contributed by atoms with Crippen LogP contribution < -0.4 is 16.4 Å². The average Bonchev–Trinajstić information content (AvgIpc) is 2.60. The van der Waals surface area contributed by atoms with Crippen LogP contribution in [0.5, 0.6) is 0 Å². The highest BCUT2D eigenvalue weighted by molar-refractivity contribution is 7.80. The van der Waals surface area contributed by atoms with Crippen LogP contribution in [0.2, 0.25) is 0 Å². The molecule has 0 saturated carbocycles. The van der Waals surface area contributed by atoms with Crippen molar-refractivity contribution in [2.24, 2.45) is 5.73 Å². The number of benzene rings is 2. The first-order chi connectivity index (χ1) is 13.4. The summed E-state index contributed by atoms with van der Waals surface area (Å²) in [5.41, 5.74) is 2.94. The van der Waals surface area contributed by atoms with Gasteiger partial charge in [-0.15, -0.1) is 0 Å². The Morgan fingerprint density at radius 3 is 2.10 bits per heavy atom. The van der Waals surface area contributed by atoms with Gasteiger partial charge in [-0.3, -0.25) is 4.79 Å². The smallest absolute Gasteiger partial charge is 0.366 e. The summed E-state index contributed by atoms with van der Waals surface area (Å²) in [4.78, 5) is 11.0. The largest absolute Gasteiger partial charge is 0.416 e. The number of amides is 1. The molecule has 0 bridgehead atoms. The number of primary amides is 1. The Bertz CT molecular complexity index is 894. The predicted molar refractivity (Wildman–Crippen MR) is 99.3 cm³/mol. The van der Waals surface area contributed by atoms with Crippen molar-refractivity contribution in [1.29, 1.82) is 0 Å². The summed E-state index contributed by atoms with van der Waals surface area (Å²) in [6.07, 6.45) is -9.99. The second kappa shape index (κ2) is 8.68. The number of thiocarbonyl (C=S) groups is 1. The van der Waals surface area contributed by atoms with Crippen molar-refractivity contribution < 1.29 is 31.1 Å². The van der Waals surface area contributed by atoms with E-state index in [1.807, 2.05) is 0 Å². The van der Waals surface area contributed by atoms with Crippen LogP contribution in [0.3, 0.4) is 0 Å². The van der Waals surface area contributed by atoms with Gasteiger partial charge in [0.2, 0.25) is 5.91 Å². The van der Waals surface area contributed by atoms with Crippen LogP contribution in [0.4, 0.5) is 32.0 Å². The van der Waals surface area contributed by atoms with Gasteiger partial charge in [0.15, 0.2) is 5.11 Å². The highest BCUT2D eigenvalue weighted by Crippen LogP contribution is 2.37. The second-order valence-electron chi connectivity index (χ2n) is 5.94. The van der Waals surface area contributed by atoms with Crippen molar-refractivity contribution in [3.63, 3.8) is 0 Å². The maximum Gasteiger partial charge on any atom is 0.416 e. The number of anilines is 1. The van der Waals surface area contributed by atoms with Gasteiger partial charge in [-0.2, -0.15) is 26.3 Å². The molecule has 0 fully saturated rings. The second-order valence-corrected chi connectivity index (χ2v) is 6.35. The van der Waals surface area contributed by atoms with Gasteiger partial charge in [0.05, 0.1) is 11.1 Å². The Balaban J connectivity index is 2.00. The molecule has 2 aromatic carbocycles. The monoisotopic (exact) mass is 435 g/mol. The molecule has 0 radical (unpaired) electrons. The molecule has 0 aliphatic carbocycles. The Morgan fingerprint density at radius 2 is 1.59 bits per heavy atom. The molecule has 0 aliphatic heterocycles. The molecular formula is C18H15F6N3OS. The Kier molecular flexibility index (Phi) is 6.73. The van der Waals surface area contributed by atoms with E-state index in [1.165, 1.54) is 24.3 Å². The van der Waals surface area contributed by atoms with Gasteiger partial charge in [-0.1, -0.05) is 6.07 Å². The van der Waals surface area contributed by atoms with Crippen molar-refractivity contribution in [3.8, 4) is 0 Å². The van der Waals surface area contributed by atoms with E-state index in [2.05, 4.69) is 10.6 Å². The maximum atomic E-state index is 13.1. The van der Waals surface area contributed by atoms with Crippen LogP contribution in [-0.2, 0) is 18.8 Å². The Hall–Kier alpha value is -2.82. The molecule has 11 heteroatoms. The lowest BCUT2D eigenvalue weighted by Crippen LogP contribution is -2.30. The molecule has 0 heterocycles. The Labute approximate surface area is 167 Å². The van der Waals surface area contributed by atoms with Crippen molar-refractivity contribution >= 4 is 28.9 Å². The standard InChI is InChI=1S/C18H15F6N3OS/c19-17(20,21)12-4-1-10(14(9-12)18(22,23)24)7-8-26-16(29)27-13-5-2-11(3-6-13)15(25)28/h1-6,9H,7-8H2,(H2,25,28)(H2,26,27,29). The number of hydrogen-bond donors (Lipinski definition) is 3. The molecule has 1 amide bonds. The number of nitrogens with two attached hydrogens (primary N) is 1. The van der Waals surface area contributed by atoms with Crippen molar-refractivity contribution in [3.05, 3.63) is 64.7 Å². The fraction of sp³-hybridized carbons (Fsp3) is 0.222. The zero-order chi connectivity index (χ0) is 21.8. The first kappa shape index (κ1) is 22.5. The molecule has 2 aromatic rings. The molecule has 0 aromatic heterocycles. The summed E-state index contributed by atoms with van der Waals surface area (Å²) in [7, 11) is 0. The molecule has 0 atom stereocenters. The third-order valence-corrected chi connectivity index (χ3v) is 4.10. The van der Waals surface area contributed by atoms with Crippen molar-refractivity contribution in [1.82, 2.24) is 5.32 Å². The summed E-state index contributed by atoms with van der Waals surface area (Å²) in [6.45, 7) is -0.0420. The van der Waals surface area contributed by atoms with Crippen LogP contribution in [0.25, 0.3) is 0 Å². The highest BCUT2D eigenvalue weighted by Gasteiger charge is 2.37. The summed E-state index contributed by atoms with van der Waals surface area (Å²) in [6, 6.07) is 7.52. The van der Waals surface area contributed by atoms with E-state index in [9.17, 15) is 31.1 Å². The van der Waals surface area contributed by atoms with Gasteiger partial charge in [-0.05, 0) is 60.6 Å². The number of hydrogen-bond acceptors (Lipinski definition) is 2. The number of carbonyl (C=O) groups is 1. The summed E-state index contributed by atoms with van der Waals surface area (Å²) < 4.78 is 77.4. The maximum absolute atomic E-state index is 13.1. The SMILES string of the molecule is NC(=O)c1ccc(NC(=S)NCCc2ccc(C(F)(F)F)cc2C(F)(F)F)cc1. The first-order valence-electron chi connectivity index (χ1n) is 8.10. The van der Waals surface area contributed by atoms with Gasteiger partial charge >= 0.3 is 12.4 Å². The third-order valence-electron chi connectivity index (χ3n) is 3.85. The lowest BCUT2D eigenvalue weighted by atomic mass is 10.0. The topological polar surface area (TPSA) is 67.2 Å². The predicted octanol–water partition coefficient (Wildman–Crippen LogP) is 4.35. The third kappa shape index (κ3) is 6.34. The van der Waals surface area contributed by atoms with Crippen molar-refractivity contribution in [2.75, 3.05) is 11.9 Å². The first-order valence-corrected chi connectivity index (χ1v) is 8.51. The molecule has 0 spiro atoms. The molecule has 0 aliphatic rings. The normalized spacial score (nSPS) is 11.8. The van der Waals surface area contributed by atoms with Crippen LogP contribution in [0.1, 0.15) is 27.0 Å². The fourth-order valence-corrected chi connectivity index (χ4v) is 2.66. The minimum Gasteiger partial charge on any atom is -0.366 e. The lowest BCUT2D eigenvalue weighted by Gasteiger charge is -2.16. The van der Waals surface area contributed by atoms with E-state index in [4.69, 9.17) is 18.0 Å². The number of alkyl halides is 6. The van der Waals surface area contributed by atoms with Crippen LogP contribution in [0.15, 0.2) is 42.5 Å². The lowest BCUT2D eigenvalue weighted by molar-refractivity contribution is -0.143. The number of carbonyl (C=O) groups excluding carboxylic acids is 1. The van der Waals surface area contributed by atoms with Crippen LogP contribution >= 0.6 is 12.2 Å². The zero-order valence-corrected chi connectivity index (χ0v) is 15.4. The zero-order valence-electron chi connectivity index (χ0n) is 14.6. The molecular weight excluding hydrogens is 420 g/mol. The fourth-order valence-electron chi connectivity index (χ4n) is 2.44. The molecule has 2 rings (SSSR count). The van der Waals surface area contributed by atoms with Crippen molar-refractivity contribution in [2.45, 2.75) is 18.8 Å². The van der Waals surface area contributed by atoms with E-state index in [1.54, 1.807) is 0 Å². The van der Waals surface area contributed by atoms with Gasteiger partial charge in [0.1, 0.15) is 0 Å². The molecule has 29 heavy (non-hydrogen) atoms. The molecule has 156 valence electrons. The van der Waals surface area contributed by atoms with E-state index in [0.717, 1.165) is 6.07 Å². The average molecular weight is 435 g/mol. The van der Waals surface area contributed by atoms with Gasteiger partial charge in [-0.25, -0.2) is 0 Å². The Morgan fingerprint density at radius 1 is 0.966 bits per heavy atom. The minimum absolute atomic E-state index is 0.0420. The summed E-state index contributed by atoms with van der Waals surface area (Å²) in [5, 5.41) is 5.54. The molecule has 0 unspecified atom stereocenters. The number of halogens is 6. The highest BCUT2D eigenvalue weighted by atomic mass is 32.1. The van der Waals surface area contributed by atoms with E-state index in [-0.39, 0.29) is 35.3 Å². The summed E-state index contributed by atoms with van der Waals surface area (Å²) in [5.74, 6) is -0.603. The number of nitrogens with one attached hydrogen (secondary N) is 2. The van der Waals surface area contributed by atoms with Gasteiger partial charge < -0.3 is 16.4 Å². The quantitative estimate of drug-likeness (QED) is 0.483. The van der Waals surface area contributed by atoms with E-state index >= 15 is 0 Å². The van der Waals surface area contributed by atoms with E-state index in [0.29, 0.717) is 11.8 Å². The summed E-state index contributed by atoms with van der Waals surface area (Å²) >= 11 is 5.03. The number of rotatable bonds is 5.